The van der Waals surface area contributed by atoms with Crippen molar-refractivity contribution in [1.29, 1.82) is 0 Å². The first-order chi connectivity index (χ1) is 17.2. The molecule has 1 N–H and O–H groups in total. The molecule has 2 saturated carbocycles. The molecule has 8 atom stereocenters. The lowest BCUT2D eigenvalue weighted by atomic mass is 9.59. The standard InChI is InChI=1S/C29H37NO6S/c1-13-11-28-14(2)9-19-21(26(19,5)6)18(22(28)31)10-17-12-34-27(7,8)36-24(17)29(28,33)23(13)35-25(32)20-15(3)30-37-16(20)4/h10-11,14,18-19,21,23-24,33H,9,12H2,1-8H3/t14-,18+,19-,21+,23+,24-,28+,29?/m1/s1. The number of nitrogens with zero attached hydrogens (tertiary/aromatic N) is 1. The lowest BCUT2D eigenvalue weighted by Crippen LogP contribution is -2.68. The zero-order chi connectivity index (χ0) is 26.9. The molecule has 6 rings (SSSR count). The Bertz CT molecular complexity index is 1260. The summed E-state index contributed by atoms with van der Waals surface area (Å²) in [5, 5.41) is 13.0. The predicted molar refractivity (Wildman–Crippen MR) is 138 cm³/mol. The van der Waals surface area contributed by atoms with Gasteiger partial charge in [0.05, 0.1) is 23.3 Å². The molecule has 1 spiro atoms. The molecule has 2 bridgehead atoms. The van der Waals surface area contributed by atoms with Gasteiger partial charge in [0.2, 0.25) is 0 Å². The fourth-order valence-electron chi connectivity index (χ4n) is 8.24. The van der Waals surface area contributed by atoms with E-state index >= 15 is 0 Å². The zero-order valence-corrected chi connectivity index (χ0v) is 23.7. The average Bonchev–Trinajstić information content (AvgIpc) is 3.09. The van der Waals surface area contributed by atoms with Gasteiger partial charge in [-0.05, 0) is 86.9 Å². The number of carbonyl (C=O) groups is 2. The Labute approximate surface area is 222 Å². The first-order valence-electron chi connectivity index (χ1n) is 13.3. The summed E-state index contributed by atoms with van der Waals surface area (Å²) in [6, 6.07) is 0. The van der Waals surface area contributed by atoms with Gasteiger partial charge in [-0.15, -0.1) is 0 Å². The van der Waals surface area contributed by atoms with Crippen LogP contribution in [-0.2, 0) is 19.0 Å². The summed E-state index contributed by atoms with van der Waals surface area (Å²) < 4.78 is 23.0. The lowest BCUT2D eigenvalue weighted by Gasteiger charge is -2.52. The summed E-state index contributed by atoms with van der Waals surface area (Å²) in [6.45, 7) is 15.9. The van der Waals surface area contributed by atoms with Gasteiger partial charge in [-0.25, -0.2) is 4.79 Å². The monoisotopic (exact) mass is 527 g/mol. The highest BCUT2D eigenvalue weighted by atomic mass is 32.1. The summed E-state index contributed by atoms with van der Waals surface area (Å²) in [6.07, 6.45) is 2.84. The summed E-state index contributed by atoms with van der Waals surface area (Å²) in [4.78, 5) is 29.0. The molecule has 7 nitrogen and oxygen atoms in total. The van der Waals surface area contributed by atoms with Gasteiger partial charge >= 0.3 is 5.97 Å². The molecule has 1 aromatic heterocycles. The second kappa shape index (κ2) is 7.62. The minimum atomic E-state index is -1.81. The number of fused-ring (bicyclic) bond motifs is 5. The number of ketones is 1. The van der Waals surface area contributed by atoms with E-state index in [0.29, 0.717) is 22.7 Å². The average molecular weight is 528 g/mol. The number of rotatable bonds is 2. The van der Waals surface area contributed by atoms with Crippen LogP contribution in [0.15, 0.2) is 23.3 Å². The van der Waals surface area contributed by atoms with Crippen molar-refractivity contribution in [3.8, 4) is 0 Å². The van der Waals surface area contributed by atoms with E-state index in [2.05, 4.69) is 25.1 Å². The van der Waals surface area contributed by atoms with Crippen LogP contribution in [-0.4, -0.2) is 51.4 Å². The van der Waals surface area contributed by atoms with Gasteiger partial charge in [0.25, 0.3) is 0 Å². The van der Waals surface area contributed by atoms with E-state index in [1.165, 1.54) is 11.5 Å². The molecule has 8 heteroatoms. The molecule has 1 unspecified atom stereocenters. The third-order valence-electron chi connectivity index (χ3n) is 10.1. The topological polar surface area (TPSA) is 95.0 Å². The number of ether oxygens (including phenoxy) is 3. The summed E-state index contributed by atoms with van der Waals surface area (Å²) >= 11 is 1.25. The van der Waals surface area contributed by atoms with E-state index in [1.807, 2.05) is 39.8 Å². The summed E-state index contributed by atoms with van der Waals surface area (Å²) in [5.41, 5.74) is -0.559. The molecular weight excluding hydrogens is 490 g/mol. The van der Waals surface area contributed by atoms with Gasteiger partial charge in [0, 0.05) is 10.8 Å². The van der Waals surface area contributed by atoms with E-state index in [0.717, 1.165) is 16.9 Å². The Morgan fingerprint density at radius 2 is 1.92 bits per heavy atom. The molecule has 0 amide bonds. The number of aliphatic hydroxyl groups is 1. The molecule has 3 fully saturated rings. The maximum absolute atomic E-state index is 14.7. The van der Waals surface area contributed by atoms with E-state index < -0.39 is 35.0 Å². The Morgan fingerprint density at radius 3 is 2.57 bits per heavy atom. The highest BCUT2D eigenvalue weighted by Gasteiger charge is 2.77. The smallest absolute Gasteiger partial charge is 0.341 e. The zero-order valence-electron chi connectivity index (χ0n) is 22.9. The van der Waals surface area contributed by atoms with Gasteiger partial charge in [0.1, 0.15) is 6.10 Å². The van der Waals surface area contributed by atoms with Crippen LogP contribution in [0, 0.1) is 48.3 Å². The normalized spacial score (nSPS) is 42.9. The molecule has 0 radical (unpaired) electrons. The third kappa shape index (κ3) is 3.13. The number of hydrogen-bond donors (Lipinski definition) is 1. The van der Waals surface area contributed by atoms with Crippen LogP contribution < -0.4 is 0 Å². The van der Waals surface area contributed by atoms with Crippen LogP contribution >= 0.6 is 11.5 Å². The van der Waals surface area contributed by atoms with Gasteiger partial charge in [-0.1, -0.05) is 32.9 Å². The van der Waals surface area contributed by atoms with Crippen molar-refractivity contribution in [2.75, 3.05) is 6.61 Å². The highest BCUT2D eigenvalue weighted by molar-refractivity contribution is 7.06. The van der Waals surface area contributed by atoms with Crippen molar-refractivity contribution in [3.63, 3.8) is 0 Å². The van der Waals surface area contributed by atoms with Crippen LogP contribution in [0.1, 0.15) is 68.9 Å². The van der Waals surface area contributed by atoms with Gasteiger partial charge < -0.3 is 19.3 Å². The number of hydrogen-bond acceptors (Lipinski definition) is 8. The number of esters is 1. The van der Waals surface area contributed by atoms with E-state index in [9.17, 15) is 14.7 Å². The molecule has 0 aromatic carbocycles. The molecule has 4 aliphatic carbocycles. The number of carbonyl (C=O) groups excluding carboxylic acids is 2. The third-order valence-corrected chi connectivity index (χ3v) is 11.0. The number of allylic oxidation sites excluding steroid dienone is 1. The van der Waals surface area contributed by atoms with E-state index in [4.69, 9.17) is 14.2 Å². The Kier molecular flexibility index (Phi) is 5.23. The van der Waals surface area contributed by atoms with Gasteiger partial charge in [-0.2, -0.15) is 4.37 Å². The van der Waals surface area contributed by atoms with Crippen molar-refractivity contribution in [3.05, 3.63) is 39.4 Å². The Morgan fingerprint density at radius 1 is 1.22 bits per heavy atom. The fourth-order valence-corrected chi connectivity index (χ4v) is 8.93. The maximum atomic E-state index is 14.7. The van der Waals surface area contributed by atoms with Gasteiger partial charge in [0.15, 0.2) is 23.3 Å². The molecule has 200 valence electrons. The minimum Gasteiger partial charge on any atom is -0.451 e. The van der Waals surface area contributed by atoms with Crippen molar-refractivity contribution in [1.82, 2.24) is 4.37 Å². The van der Waals surface area contributed by atoms with Crippen molar-refractivity contribution >= 4 is 23.3 Å². The first-order valence-corrected chi connectivity index (χ1v) is 14.1. The molecule has 2 heterocycles. The van der Waals surface area contributed by atoms with Crippen molar-refractivity contribution in [2.45, 2.75) is 85.4 Å². The van der Waals surface area contributed by atoms with Crippen LogP contribution in [0.3, 0.4) is 0 Å². The quantitative estimate of drug-likeness (QED) is 0.445. The second-order valence-corrected chi connectivity index (χ2v) is 14.0. The van der Waals surface area contributed by atoms with E-state index in [1.54, 1.807) is 6.92 Å². The molecular formula is C29H37NO6S. The maximum Gasteiger partial charge on any atom is 0.341 e. The molecule has 1 saturated heterocycles. The van der Waals surface area contributed by atoms with Crippen molar-refractivity contribution < 1.29 is 28.9 Å². The molecule has 1 aromatic rings. The number of aryl methyl sites for hydroxylation is 2. The number of Topliss-reactive ketones (excluding diaryl/α,β-unsaturated/α-hetero) is 1. The molecule has 37 heavy (non-hydrogen) atoms. The van der Waals surface area contributed by atoms with Crippen LogP contribution in [0.4, 0.5) is 0 Å². The van der Waals surface area contributed by atoms with E-state index in [-0.39, 0.29) is 35.6 Å². The minimum absolute atomic E-state index is 0.00587. The largest absolute Gasteiger partial charge is 0.451 e. The summed E-state index contributed by atoms with van der Waals surface area (Å²) in [7, 11) is 0. The molecule has 5 aliphatic rings. The van der Waals surface area contributed by atoms with Crippen molar-refractivity contribution in [2.24, 2.45) is 34.5 Å². The van der Waals surface area contributed by atoms with Crippen LogP contribution in [0.2, 0.25) is 0 Å². The summed E-state index contributed by atoms with van der Waals surface area (Å²) in [5.74, 6) is -1.45. The molecule has 1 aliphatic heterocycles. The Balaban J connectivity index is 1.53. The van der Waals surface area contributed by atoms with Gasteiger partial charge in [-0.3, -0.25) is 4.79 Å². The lowest BCUT2D eigenvalue weighted by molar-refractivity contribution is -0.302. The predicted octanol–water partition coefficient (Wildman–Crippen LogP) is 4.55. The fraction of sp³-hybridized carbons (Fsp3) is 0.690. The highest BCUT2D eigenvalue weighted by Crippen LogP contribution is 2.72. The number of aromatic nitrogens is 1. The van der Waals surface area contributed by atoms with Crippen LogP contribution in [0.25, 0.3) is 0 Å². The SMILES string of the molecule is CC1=C[C@]23C(=O)[C@@H](C=C4COC(C)(C)O[C@H]4C2(O)[C@H]1OC(=O)c1c(C)nsc1C)[C@H]1[C@@H](C[C@H]3C)C1(C)C. The Hall–Kier alpha value is -1.87. The van der Waals surface area contributed by atoms with Crippen LogP contribution in [0.5, 0.6) is 0 Å². The first kappa shape index (κ1) is 25.4. The second-order valence-electron chi connectivity index (χ2n) is 13.0.